The highest BCUT2D eigenvalue weighted by atomic mass is 32.1. The van der Waals surface area contributed by atoms with Crippen LogP contribution in [0.3, 0.4) is 0 Å². The molecule has 0 saturated carbocycles. The van der Waals surface area contributed by atoms with Gasteiger partial charge in [-0.1, -0.05) is 0 Å². The van der Waals surface area contributed by atoms with Crippen molar-refractivity contribution in [3.8, 4) is 11.5 Å². The van der Waals surface area contributed by atoms with Crippen molar-refractivity contribution in [2.75, 3.05) is 32.5 Å². The minimum Gasteiger partial charge on any atom is -0.457 e. The Morgan fingerprint density at radius 2 is 1.92 bits per heavy atom. The third kappa shape index (κ3) is 4.66. The van der Waals surface area contributed by atoms with E-state index in [1.54, 1.807) is 12.5 Å². The number of pyridine rings is 1. The van der Waals surface area contributed by atoms with Crippen molar-refractivity contribution in [1.29, 1.82) is 0 Å². The van der Waals surface area contributed by atoms with E-state index in [1.165, 1.54) is 10.4 Å². The molecule has 0 fully saturated rings. The number of aryl methyl sites for hydroxylation is 1. The number of nitrogens with one attached hydrogen (secondary N) is 1. The molecule has 0 radical (unpaired) electrons. The quantitative estimate of drug-likeness (QED) is 0.322. The minimum atomic E-state index is 0.416. The molecular weight excluding hydrogens is 482 g/mol. The van der Waals surface area contributed by atoms with Gasteiger partial charge in [-0.15, -0.1) is 11.3 Å². The van der Waals surface area contributed by atoms with E-state index in [9.17, 15) is 0 Å². The average Bonchev–Trinajstić information content (AvgIpc) is 3.44. The summed E-state index contributed by atoms with van der Waals surface area (Å²) in [4.78, 5) is 20.9. The first-order valence-corrected chi connectivity index (χ1v) is 13.4. The lowest BCUT2D eigenvalue weighted by Crippen LogP contribution is -2.44. The number of rotatable bonds is 6. The van der Waals surface area contributed by atoms with E-state index >= 15 is 0 Å². The van der Waals surface area contributed by atoms with Crippen molar-refractivity contribution >= 4 is 38.7 Å². The summed E-state index contributed by atoms with van der Waals surface area (Å²) in [6.45, 7) is 6.42. The molecule has 0 aliphatic carbocycles. The Bertz CT molecular complexity index is 1570. The molecule has 9 heteroatoms. The zero-order valence-electron chi connectivity index (χ0n) is 21.6. The van der Waals surface area contributed by atoms with Gasteiger partial charge in [-0.25, -0.2) is 15.0 Å². The summed E-state index contributed by atoms with van der Waals surface area (Å²) in [6, 6.07) is 10.0. The van der Waals surface area contributed by atoms with Crippen LogP contribution in [0.25, 0.3) is 15.9 Å². The van der Waals surface area contributed by atoms with Crippen LogP contribution in [0, 0.1) is 6.92 Å². The van der Waals surface area contributed by atoms with Crippen LogP contribution in [0.5, 0.6) is 11.5 Å². The predicted molar refractivity (Wildman–Crippen MR) is 149 cm³/mol. The van der Waals surface area contributed by atoms with Crippen LogP contribution in [-0.2, 0) is 12.8 Å². The number of benzene rings is 1. The number of thiophene rings is 1. The van der Waals surface area contributed by atoms with Gasteiger partial charge in [0.1, 0.15) is 34.1 Å². The molecule has 1 aromatic carbocycles. The Labute approximate surface area is 220 Å². The van der Waals surface area contributed by atoms with E-state index in [1.807, 2.05) is 52.4 Å². The Hall–Kier alpha value is -3.53. The SMILES string of the molecule is Cc1cc(Nc2ncnc3sc4c(c23)CCN(C(C)N(C)C)CC4)ccc1Oc1ccn2ccnc2c1. The van der Waals surface area contributed by atoms with Crippen LogP contribution in [0.4, 0.5) is 11.5 Å². The van der Waals surface area contributed by atoms with Crippen molar-refractivity contribution in [3.63, 3.8) is 0 Å². The van der Waals surface area contributed by atoms with Gasteiger partial charge in [0.15, 0.2) is 0 Å². The van der Waals surface area contributed by atoms with Crippen molar-refractivity contribution in [1.82, 2.24) is 29.2 Å². The van der Waals surface area contributed by atoms with Crippen LogP contribution >= 0.6 is 11.3 Å². The summed E-state index contributed by atoms with van der Waals surface area (Å²) in [5.74, 6) is 2.45. The molecule has 190 valence electrons. The predicted octanol–water partition coefficient (Wildman–Crippen LogP) is 5.49. The molecule has 0 amide bonds. The summed E-state index contributed by atoms with van der Waals surface area (Å²) >= 11 is 1.81. The number of hydrogen-bond donors (Lipinski definition) is 1. The number of anilines is 2. The van der Waals surface area contributed by atoms with Crippen molar-refractivity contribution in [2.24, 2.45) is 0 Å². The highest BCUT2D eigenvalue weighted by Gasteiger charge is 2.24. The third-order valence-electron chi connectivity index (χ3n) is 7.26. The molecule has 0 saturated heterocycles. The molecule has 4 aromatic heterocycles. The van der Waals surface area contributed by atoms with Crippen LogP contribution in [0.1, 0.15) is 22.9 Å². The molecule has 0 bridgehead atoms. The number of aromatic nitrogens is 4. The van der Waals surface area contributed by atoms with Gasteiger partial charge in [-0.3, -0.25) is 9.80 Å². The van der Waals surface area contributed by atoms with Crippen LogP contribution in [0.15, 0.2) is 55.2 Å². The second-order valence-electron chi connectivity index (χ2n) is 9.80. The lowest BCUT2D eigenvalue weighted by atomic mass is 10.1. The molecule has 1 N–H and O–H groups in total. The molecule has 8 nitrogen and oxygen atoms in total. The van der Waals surface area contributed by atoms with Crippen LogP contribution in [-0.4, -0.2) is 62.5 Å². The molecule has 0 spiro atoms. The summed E-state index contributed by atoms with van der Waals surface area (Å²) in [5, 5.41) is 4.73. The second kappa shape index (κ2) is 9.74. The molecule has 5 aromatic rings. The maximum atomic E-state index is 6.17. The standard InChI is InChI=1S/C28H31N7OS/c1-18-15-20(5-6-23(18)36-21-7-11-35-14-10-29-25(35)16-21)32-27-26-22-8-12-34(19(2)33(3)4)13-9-24(22)37-28(26)31-17-30-27/h5-7,10-11,14-17,19H,8-9,12-13H2,1-4H3,(H,30,31,32). The fourth-order valence-corrected chi connectivity index (χ4v) is 6.15. The largest absolute Gasteiger partial charge is 0.457 e. The summed E-state index contributed by atoms with van der Waals surface area (Å²) in [6.07, 6.45) is 9.78. The summed E-state index contributed by atoms with van der Waals surface area (Å²) in [7, 11) is 4.29. The number of nitrogens with zero attached hydrogens (tertiary/aromatic N) is 6. The maximum absolute atomic E-state index is 6.17. The van der Waals surface area contributed by atoms with Gasteiger partial charge < -0.3 is 14.5 Å². The van der Waals surface area contributed by atoms with E-state index in [0.29, 0.717) is 6.17 Å². The van der Waals surface area contributed by atoms with Gasteiger partial charge in [0.05, 0.1) is 11.6 Å². The Balaban J connectivity index is 1.24. The number of fused-ring (bicyclic) bond motifs is 4. The van der Waals surface area contributed by atoms with Gasteiger partial charge in [0.2, 0.25) is 0 Å². The Morgan fingerprint density at radius 1 is 1.05 bits per heavy atom. The smallest absolute Gasteiger partial charge is 0.142 e. The first kappa shape index (κ1) is 23.8. The van der Waals surface area contributed by atoms with Crippen molar-refractivity contribution in [3.05, 3.63) is 71.3 Å². The van der Waals surface area contributed by atoms with Gasteiger partial charge in [0.25, 0.3) is 0 Å². The maximum Gasteiger partial charge on any atom is 0.142 e. The molecule has 6 rings (SSSR count). The molecule has 1 aliphatic rings. The molecule has 37 heavy (non-hydrogen) atoms. The zero-order valence-corrected chi connectivity index (χ0v) is 22.4. The normalized spacial score (nSPS) is 15.2. The lowest BCUT2D eigenvalue weighted by molar-refractivity contribution is 0.0983. The average molecular weight is 514 g/mol. The van der Waals surface area contributed by atoms with E-state index in [0.717, 1.165) is 70.4 Å². The van der Waals surface area contributed by atoms with E-state index in [4.69, 9.17) is 4.74 Å². The monoisotopic (exact) mass is 513 g/mol. The second-order valence-corrected chi connectivity index (χ2v) is 10.9. The van der Waals surface area contributed by atoms with Gasteiger partial charge in [-0.2, -0.15) is 0 Å². The van der Waals surface area contributed by atoms with Gasteiger partial charge >= 0.3 is 0 Å². The summed E-state index contributed by atoms with van der Waals surface area (Å²) < 4.78 is 8.13. The Kier molecular flexibility index (Phi) is 6.27. The van der Waals surface area contributed by atoms with Crippen molar-refractivity contribution in [2.45, 2.75) is 32.9 Å². The molecule has 1 unspecified atom stereocenters. The highest BCUT2D eigenvalue weighted by Crippen LogP contribution is 2.38. The van der Waals surface area contributed by atoms with Crippen LogP contribution < -0.4 is 10.1 Å². The fraction of sp³-hybridized carbons (Fsp3) is 0.321. The number of imidazole rings is 1. The fourth-order valence-electron chi connectivity index (χ4n) is 4.97. The first-order chi connectivity index (χ1) is 18.0. The van der Waals surface area contributed by atoms with Crippen molar-refractivity contribution < 1.29 is 4.74 Å². The molecular formula is C28H31N7OS. The Morgan fingerprint density at radius 3 is 2.76 bits per heavy atom. The number of hydrogen-bond acceptors (Lipinski definition) is 8. The van der Waals surface area contributed by atoms with Gasteiger partial charge in [0, 0.05) is 48.3 Å². The van der Waals surface area contributed by atoms with Crippen LogP contribution in [0.2, 0.25) is 0 Å². The summed E-state index contributed by atoms with van der Waals surface area (Å²) in [5.41, 5.74) is 4.26. The van der Waals surface area contributed by atoms with E-state index in [-0.39, 0.29) is 0 Å². The number of ether oxygens (including phenoxy) is 1. The van der Waals surface area contributed by atoms with E-state index in [2.05, 4.69) is 64.1 Å². The minimum absolute atomic E-state index is 0.416. The van der Waals surface area contributed by atoms with Gasteiger partial charge in [-0.05, 0) is 76.2 Å². The van der Waals surface area contributed by atoms with E-state index < -0.39 is 0 Å². The molecule has 5 heterocycles. The first-order valence-electron chi connectivity index (χ1n) is 12.6. The molecule has 1 atom stereocenters. The molecule has 1 aliphatic heterocycles. The topological polar surface area (TPSA) is 70.8 Å². The highest BCUT2D eigenvalue weighted by molar-refractivity contribution is 7.19. The lowest BCUT2D eigenvalue weighted by Gasteiger charge is -2.32. The zero-order chi connectivity index (χ0) is 25.5. The third-order valence-corrected chi connectivity index (χ3v) is 8.46.